The third-order valence-electron chi connectivity index (χ3n) is 5.89. The molecule has 5 nitrogen and oxygen atoms in total. The van der Waals surface area contributed by atoms with Gasteiger partial charge in [0.1, 0.15) is 5.82 Å². The van der Waals surface area contributed by atoms with Crippen molar-refractivity contribution in [2.75, 3.05) is 47.8 Å². The monoisotopic (exact) mass is 443 g/mol. The van der Waals surface area contributed by atoms with Gasteiger partial charge in [-0.15, -0.1) is 0 Å². The van der Waals surface area contributed by atoms with Crippen molar-refractivity contribution in [2.45, 2.75) is 6.42 Å². The van der Waals surface area contributed by atoms with Crippen molar-refractivity contribution in [2.24, 2.45) is 0 Å². The molecule has 0 spiro atoms. The number of nitrogens with zero attached hydrogens (tertiary/aromatic N) is 4. The highest BCUT2D eigenvalue weighted by Gasteiger charge is 2.20. The standard InChI is InChI=1S/C26H26ClN5/c27-21-10-12-22(13-11-21)31-16-18-32(19-17-31)26-29-24-9-5-4-8-23(24)25(30-26)28-15-14-20-6-2-1-3-7-20/h1-13H,14-19H2,(H,28,29,30). The Balaban J connectivity index is 1.31. The molecule has 1 N–H and O–H groups in total. The lowest BCUT2D eigenvalue weighted by atomic mass is 10.1. The molecule has 0 radical (unpaired) electrons. The fourth-order valence-corrected chi connectivity index (χ4v) is 4.25. The molecule has 4 aromatic rings. The number of hydrogen-bond acceptors (Lipinski definition) is 5. The molecule has 162 valence electrons. The quantitative estimate of drug-likeness (QED) is 0.440. The second-order valence-electron chi connectivity index (χ2n) is 8.00. The molecule has 32 heavy (non-hydrogen) atoms. The summed E-state index contributed by atoms with van der Waals surface area (Å²) in [6, 6.07) is 26.8. The van der Waals surface area contributed by atoms with Crippen LogP contribution >= 0.6 is 11.6 Å². The molecule has 0 amide bonds. The molecule has 0 bridgehead atoms. The van der Waals surface area contributed by atoms with Gasteiger partial charge in [0, 0.05) is 48.8 Å². The van der Waals surface area contributed by atoms with Crippen LogP contribution in [0.4, 0.5) is 17.5 Å². The molecule has 3 aromatic carbocycles. The minimum Gasteiger partial charge on any atom is -0.369 e. The highest BCUT2D eigenvalue weighted by Crippen LogP contribution is 2.25. The molecule has 0 unspecified atom stereocenters. The molecule has 0 atom stereocenters. The zero-order chi connectivity index (χ0) is 21.8. The van der Waals surface area contributed by atoms with Gasteiger partial charge < -0.3 is 15.1 Å². The van der Waals surface area contributed by atoms with E-state index in [1.54, 1.807) is 0 Å². The SMILES string of the molecule is Clc1ccc(N2CCN(c3nc(NCCc4ccccc4)c4ccccc4n3)CC2)cc1. The van der Waals surface area contributed by atoms with E-state index >= 15 is 0 Å². The largest absolute Gasteiger partial charge is 0.369 e. The smallest absolute Gasteiger partial charge is 0.228 e. The number of fused-ring (bicyclic) bond motifs is 1. The lowest BCUT2D eigenvalue weighted by Gasteiger charge is -2.36. The van der Waals surface area contributed by atoms with Crippen LogP contribution in [-0.2, 0) is 6.42 Å². The summed E-state index contributed by atoms with van der Waals surface area (Å²) < 4.78 is 0. The number of aromatic nitrogens is 2. The number of para-hydroxylation sites is 1. The lowest BCUT2D eigenvalue weighted by Crippen LogP contribution is -2.47. The van der Waals surface area contributed by atoms with Crippen LogP contribution in [0.25, 0.3) is 10.9 Å². The van der Waals surface area contributed by atoms with Crippen molar-refractivity contribution in [3.8, 4) is 0 Å². The fourth-order valence-electron chi connectivity index (χ4n) is 4.13. The molecule has 1 saturated heterocycles. The summed E-state index contributed by atoms with van der Waals surface area (Å²) in [6.45, 7) is 4.44. The Morgan fingerprint density at radius 2 is 1.44 bits per heavy atom. The maximum absolute atomic E-state index is 6.04. The Hall–Kier alpha value is -3.31. The van der Waals surface area contributed by atoms with Gasteiger partial charge in [0.05, 0.1) is 5.52 Å². The van der Waals surface area contributed by atoms with Crippen molar-refractivity contribution < 1.29 is 0 Å². The average molecular weight is 444 g/mol. The van der Waals surface area contributed by atoms with Crippen molar-refractivity contribution in [3.63, 3.8) is 0 Å². The van der Waals surface area contributed by atoms with Crippen LogP contribution in [0, 0.1) is 0 Å². The van der Waals surface area contributed by atoms with Crippen LogP contribution in [0.3, 0.4) is 0 Å². The van der Waals surface area contributed by atoms with Gasteiger partial charge in [-0.05, 0) is 48.4 Å². The molecule has 1 aliphatic rings. The number of piperazine rings is 1. The van der Waals surface area contributed by atoms with Crippen LogP contribution in [-0.4, -0.2) is 42.7 Å². The predicted octanol–water partition coefficient (Wildman–Crippen LogP) is 5.26. The predicted molar refractivity (Wildman–Crippen MR) is 134 cm³/mol. The van der Waals surface area contributed by atoms with Gasteiger partial charge in [0.2, 0.25) is 5.95 Å². The first-order chi connectivity index (χ1) is 15.8. The number of halogens is 1. The molecule has 1 aliphatic heterocycles. The van der Waals surface area contributed by atoms with Crippen molar-refractivity contribution in [1.29, 1.82) is 0 Å². The van der Waals surface area contributed by atoms with Gasteiger partial charge in [-0.1, -0.05) is 54.1 Å². The second kappa shape index (κ2) is 9.45. The molecular formula is C26H26ClN5. The van der Waals surface area contributed by atoms with E-state index in [1.165, 1.54) is 11.3 Å². The van der Waals surface area contributed by atoms with Gasteiger partial charge in [0.25, 0.3) is 0 Å². The Kier molecular flexibility index (Phi) is 6.08. The first-order valence-electron chi connectivity index (χ1n) is 11.1. The third kappa shape index (κ3) is 4.63. The molecule has 2 heterocycles. The first-order valence-corrected chi connectivity index (χ1v) is 11.4. The molecule has 0 saturated carbocycles. The Bertz CT molecular complexity index is 1170. The molecular weight excluding hydrogens is 418 g/mol. The van der Waals surface area contributed by atoms with Gasteiger partial charge in [0.15, 0.2) is 0 Å². The van der Waals surface area contributed by atoms with Gasteiger partial charge in [-0.25, -0.2) is 4.98 Å². The summed E-state index contributed by atoms with van der Waals surface area (Å²) in [4.78, 5) is 14.5. The van der Waals surface area contributed by atoms with Crippen molar-refractivity contribution in [1.82, 2.24) is 9.97 Å². The van der Waals surface area contributed by atoms with Crippen LogP contribution in [0.1, 0.15) is 5.56 Å². The van der Waals surface area contributed by atoms with E-state index in [0.29, 0.717) is 0 Å². The van der Waals surface area contributed by atoms with E-state index in [0.717, 1.165) is 66.8 Å². The highest BCUT2D eigenvalue weighted by molar-refractivity contribution is 6.30. The summed E-state index contributed by atoms with van der Waals surface area (Å²) in [5, 5.41) is 5.38. The van der Waals surface area contributed by atoms with E-state index in [9.17, 15) is 0 Å². The third-order valence-corrected chi connectivity index (χ3v) is 6.15. The first kappa shape index (κ1) is 20.6. The maximum atomic E-state index is 6.04. The summed E-state index contributed by atoms with van der Waals surface area (Å²) in [5.41, 5.74) is 3.49. The highest BCUT2D eigenvalue weighted by atomic mass is 35.5. The number of benzene rings is 3. The van der Waals surface area contributed by atoms with Crippen LogP contribution in [0.5, 0.6) is 0 Å². The topological polar surface area (TPSA) is 44.3 Å². The number of rotatable bonds is 6. The normalized spacial score (nSPS) is 14.0. The molecule has 0 aliphatic carbocycles. The summed E-state index contributed by atoms with van der Waals surface area (Å²) >= 11 is 6.04. The Morgan fingerprint density at radius 3 is 2.22 bits per heavy atom. The number of anilines is 3. The van der Waals surface area contributed by atoms with Crippen molar-refractivity contribution in [3.05, 3.63) is 89.4 Å². The summed E-state index contributed by atoms with van der Waals surface area (Å²) in [6.07, 6.45) is 0.953. The summed E-state index contributed by atoms with van der Waals surface area (Å²) in [5.74, 6) is 1.70. The fraction of sp³-hybridized carbons (Fsp3) is 0.231. The van der Waals surface area contributed by atoms with E-state index in [2.05, 4.69) is 63.6 Å². The minimum atomic E-state index is 0.768. The molecule has 5 rings (SSSR count). The zero-order valence-electron chi connectivity index (χ0n) is 17.9. The van der Waals surface area contributed by atoms with E-state index in [4.69, 9.17) is 21.6 Å². The Morgan fingerprint density at radius 1 is 0.750 bits per heavy atom. The average Bonchev–Trinajstić information content (AvgIpc) is 2.85. The molecule has 1 aromatic heterocycles. The lowest BCUT2D eigenvalue weighted by molar-refractivity contribution is 0.641. The molecule has 6 heteroatoms. The van der Waals surface area contributed by atoms with Crippen LogP contribution in [0.15, 0.2) is 78.9 Å². The Labute approximate surface area is 193 Å². The van der Waals surface area contributed by atoms with Crippen LogP contribution in [0.2, 0.25) is 5.02 Å². The summed E-state index contributed by atoms with van der Waals surface area (Å²) in [7, 11) is 0. The van der Waals surface area contributed by atoms with Crippen molar-refractivity contribution >= 4 is 40.0 Å². The minimum absolute atomic E-state index is 0.768. The van der Waals surface area contributed by atoms with E-state index in [1.807, 2.05) is 30.3 Å². The van der Waals surface area contributed by atoms with Gasteiger partial charge in [-0.2, -0.15) is 4.98 Å². The van der Waals surface area contributed by atoms with E-state index < -0.39 is 0 Å². The second-order valence-corrected chi connectivity index (χ2v) is 8.44. The number of hydrogen-bond donors (Lipinski definition) is 1. The maximum Gasteiger partial charge on any atom is 0.228 e. The van der Waals surface area contributed by atoms with Gasteiger partial charge in [-0.3, -0.25) is 0 Å². The molecule has 1 fully saturated rings. The van der Waals surface area contributed by atoms with E-state index in [-0.39, 0.29) is 0 Å². The van der Waals surface area contributed by atoms with Crippen LogP contribution < -0.4 is 15.1 Å². The zero-order valence-corrected chi connectivity index (χ0v) is 18.7. The number of nitrogens with one attached hydrogen (secondary N) is 1. The van der Waals surface area contributed by atoms with Gasteiger partial charge >= 0.3 is 0 Å².